The van der Waals surface area contributed by atoms with Gasteiger partial charge in [-0.15, -0.1) is 0 Å². The highest BCUT2D eigenvalue weighted by Gasteiger charge is 2.07. The number of H-pyrrole nitrogens is 1. The van der Waals surface area contributed by atoms with E-state index in [9.17, 15) is 8.42 Å². The van der Waals surface area contributed by atoms with Crippen LogP contribution in [-0.4, -0.2) is 13.4 Å². The predicted octanol–water partition coefficient (Wildman–Crippen LogP) is 2.24. The third kappa shape index (κ3) is 2.08. The molecule has 0 aliphatic carbocycles. The SMILES string of the molecule is O=S(=O)(Cl)Cc1ccc2[nH]ccc2c1. The van der Waals surface area contributed by atoms with Crippen molar-refractivity contribution in [2.75, 3.05) is 0 Å². The van der Waals surface area contributed by atoms with Gasteiger partial charge in [-0.1, -0.05) is 6.07 Å². The molecule has 0 fully saturated rings. The van der Waals surface area contributed by atoms with Gasteiger partial charge < -0.3 is 4.98 Å². The lowest BCUT2D eigenvalue weighted by Crippen LogP contribution is -1.94. The molecular formula is C9H8ClNO2S. The lowest BCUT2D eigenvalue weighted by atomic mass is 10.2. The molecule has 0 saturated carbocycles. The zero-order valence-corrected chi connectivity index (χ0v) is 8.77. The van der Waals surface area contributed by atoms with Crippen molar-refractivity contribution in [3.05, 3.63) is 36.0 Å². The van der Waals surface area contributed by atoms with Crippen LogP contribution in [0.5, 0.6) is 0 Å². The summed E-state index contributed by atoms with van der Waals surface area (Å²) in [6.45, 7) is 0. The van der Waals surface area contributed by atoms with Crippen molar-refractivity contribution >= 4 is 30.6 Å². The first kappa shape index (κ1) is 9.55. The van der Waals surface area contributed by atoms with E-state index in [2.05, 4.69) is 4.98 Å². The van der Waals surface area contributed by atoms with Crippen LogP contribution in [0.2, 0.25) is 0 Å². The number of hydrogen-bond donors (Lipinski definition) is 1. The molecule has 0 radical (unpaired) electrons. The number of halogens is 1. The number of benzene rings is 1. The first-order chi connectivity index (χ1) is 6.54. The zero-order valence-electron chi connectivity index (χ0n) is 7.20. The minimum atomic E-state index is -3.47. The number of rotatable bonds is 2. The minimum absolute atomic E-state index is 0.129. The molecule has 0 unspecified atom stereocenters. The number of aromatic amines is 1. The molecule has 0 spiro atoms. The van der Waals surface area contributed by atoms with Crippen molar-refractivity contribution in [2.24, 2.45) is 0 Å². The second kappa shape index (κ2) is 3.29. The molecule has 0 amide bonds. The molecule has 5 heteroatoms. The van der Waals surface area contributed by atoms with Gasteiger partial charge in [0.25, 0.3) is 0 Å². The Morgan fingerprint density at radius 2 is 2.07 bits per heavy atom. The van der Waals surface area contributed by atoms with E-state index in [-0.39, 0.29) is 5.75 Å². The third-order valence-electron chi connectivity index (χ3n) is 1.96. The van der Waals surface area contributed by atoms with Gasteiger partial charge in [0, 0.05) is 22.4 Å². The van der Waals surface area contributed by atoms with Gasteiger partial charge in [0.05, 0.1) is 5.75 Å². The largest absolute Gasteiger partial charge is 0.361 e. The average Bonchev–Trinajstić information content (AvgIpc) is 2.47. The normalized spacial score (nSPS) is 12.1. The van der Waals surface area contributed by atoms with E-state index in [1.165, 1.54) is 0 Å². The van der Waals surface area contributed by atoms with E-state index in [0.717, 1.165) is 10.9 Å². The van der Waals surface area contributed by atoms with Crippen LogP contribution in [0, 0.1) is 0 Å². The van der Waals surface area contributed by atoms with E-state index in [0.29, 0.717) is 5.56 Å². The van der Waals surface area contributed by atoms with Gasteiger partial charge in [-0.3, -0.25) is 0 Å². The summed E-state index contributed by atoms with van der Waals surface area (Å²) in [6, 6.07) is 7.29. The molecule has 14 heavy (non-hydrogen) atoms. The minimum Gasteiger partial charge on any atom is -0.361 e. The Hall–Kier alpha value is -1.00. The molecule has 0 atom stereocenters. The maximum Gasteiger partial charge on any atom is 0.236 e. The van der Waals surface area contributed by atoms with Crippen molar-refractivity contribution in [1.82, 2.24) is 4.98 Å². The molecule has 0 aliphatic rings. The predicted molar refractivity (Wildman–Crippen MR) is 56.8 cm³/mol. The van der Waals surface area contributed by atoms with Crippen LogP contribution in [0.1, 0.15) is 5.56 Å². The van der Waals surface area contributed by atoms with Gasteiger partial charge in [0.2, 0.25) is 9.05 Å². The maximum atomic E-state index is 10.8. The van der Waals surface area contributed by atoms with Crippen molar-refractivity contribution in [3.8, 4) is 0 Å². The molecule has 0 aliphatic heterocycles. The first-order valence-corrected chi connectivity index (χ1v) is 6.51. The highest BCUT2D eigenvalue weighted by atomic mass is 35.7. The topological polar surface area (TPSA) is 49.9 Å². The Balaban J connectivity index is 2.44. The van der Waals surface area contributed by atoms with Gasteiger partial charge in [0.15, 0.2) is 0 Å². The van der Waals surface area contributed by atoms with E-state index < -0.39 is 9.05 Å². The van der Waals surface area contributed by atoms with Gasteiger partial charge in [-0.25, -0.2) is 8.42 Å². The van der Waals surface area contributed by atoms with Crippen LogP contribution in [0.15, 0.2) is 30.5 Å². The molecule has 2 aromatic rings. The monoisotopic (exact) mass is 229 g/mol. The summed E-state index contributed by atoms with van der Waals surface area (Å²) in [5.74, 6) is -0.129. The van der Waals surface area contributed by atoms with Gasteiger partial charge in [-0.05, 0) is 29.1 Å². The summed E-state index contributed by atoms with van der Waals surface area (Å²) >= 11 is 0. The van der Waals surface area contributed by atoms with Gasteiger partial charge >= 0.3 is 0 Å². The highest BCUT2D eigenvalue weighted by molar-refractivity contribution is 8.13. The van der Waals surface area contributed by atoms with E-state index >= 15 is 0 Å². The summed E-state index contributed by atoms with van der Waals surface area (Å²) in [5.41, 5.74) is 1.69. The lowest BCUT2D eigenvalue weighted by Gasteiger charge is -1.97. The number of fused-ring (bicyclic) bond motifs is 1. The molecule has 1 N–H and O–H groups in total. The van der Waals surface area contributed by atoms with Crippen LogP contribution in [0.3, 0.4) is 0 Å². The summed E-state index contributed by atoms with van der Waals surface area (Å²) in [7, 11) is 1.69. The molecule has 1 heterocycles. The smallest absolute Gasteiger partial charge is 0.236 e. The summed E-state index contributed by atoms with van der Waals surface area (Å²) < 4.78 is 21.7. The molecular weight excluding hydrogens is 222 g/mol. The fourth-order valence-electron chi connectivity index (χ4n) is 1.39. The Bertz CT molecular complexity index is 559. The fraction of sp³-hybridized carbons (Fsp3) is 0.111. The molecule has 0 saturated heterocycles. The van der Waals surface area contributed by atoms with Crippen LogP contribution in [0.4, 0.5) is 0 Å². The van der Waals surface area contributed by atoms with E-state index in [1.54, 1.807) is 6.07 Å². The van der Waals surface area contributed by atoms with Crippen molar-refractivity contribution in [1.29, 1.82) is 0 Å². The van der Waals surface area contributed by atoms with Gasteiger partial charge in [-0.2, -0.15) is 0 Å². The highest BCUT2D eigenvalue weighted by Crippen LogP contribution is 2.17. The Labute approximate surface area is 86.1 Å². The quantitative estimate of drug-likeness (QED) is 0.803. The second-order valence-corrected chi connectivity index (χ2v) is 5.86. The number of hydrogen-bond acceptors (Lipinski definition) is 2. The van der Waals surface area contributed by atoms with Crippen LogP contribution in [0.25, 0.3) is 10.9 Å². The number of aromatic nitrogens is 1. The fourth-order valence-corrected chi connectivity index (χ4v) is 2.35. The van der Waals surface area contributed by atoms with Crippen LogP contribution in [-0.2, 0) is 14.8 Å². The standard InChI is InChI=1S/C9H8ClNO2S/c10-14(12,13)6-7-1-2-9-8(5-7)3-4-11-9/h1-5,11H,6H2. The van der Waals surface area contributed by atoms with Gasteiger partial charge in [0.1, 0.15) is 0 Å². The van der Waals surface area contributed by atoms with Crippen molar-refractivity contribution in [2.45, 2.75) is 5.75 Å². The Kier molecular flexibility index (Phi) is 2.25. The second-order valence-electron chi connectivity index (χ2n) is 3.08. The van der Waals surface area contributed by atoms with Crippen LogP contribution < -0.4 is 0 Å². The van der Waals surface area contributed by atoms with Crippen LogP contribution >= 0.6 is 10.7 Å². The summed E-state index contributed by atoms with van der Waals surface area (Å²) in [4.78, 5) is 3.03. The molecule has 2 rings (SSSR count). The average molecular weight is 230 g/mol. The maximum absolute atomic E-state index is 10.8. The van der Waals surface area contributed by atoms with Crippen molar-refractivity contribution in [3.63, 3.8) is 0 Å². The summed E-state index contributed by atoms with van der Waals surface area (Å²) in [6.07, 6.45) is 1.81. The molecule has 3 nitrogen and oxygen atoms in total. The third-order valence-corrected chi connectivity index (χ3v) is 2.96. The van der Waals surface area contributed by atoms with Crippen molar-refractivity contribution < 1.29 is 8.42 Å². The lowest BCUT2D eigenvalue weighted by molar-refractivity contribution is 0.609. The Morgan fingerprint density at radius 1 is 1.29 bits per heavy atom. The van der Waals surface area contributed by atoms with E-state index in [4.69, 9.17) is 10.7 Å². The molecule has 1 aromatic heterocycles. The molecule has 74 valence electrons. The Morgan fingerprint density at radius 3 is 2.79 bits per heavy atom. The first-order valence-electron chi connectivity index (χ1n) is 4.03. The summed E-state index contributed by atoms with van der Waals surface area (Å²) in [5, 5.41) is 0.989. The molecule has 0 bridgehead atoms. The van der Waals surface area contributed by atoms with E-state index in [1.807, 2.05) is 24.4 Å². The molecule has 1 aromatic carbocycles. The number of nitrogens with one attached hydrogen (secondary N) is 1. The zero-order chi connectivity index (χ0) is 10.2.